The van der Waals surface area contributed by atoms with Crippen LogP contribution in [0.5, 0.6) is 5.88 Å². The molecule has 1 unspecified atom stereocenters. The molecule has 0 amide bonds. The molecule has 1 N–H and O–H groups in total. The Morgan fingerprint density at radius 1 is 1.14 bits per heavy atom. The molecule has 4 rings (SSSR count). The average Bonchev–Trinajstić information content (AvgIpc) is 2.72. The molecule has 2 aliphatic rings. The van der Waals surface area contributed by atoms with E-state index in [1.165, 1.54) is 6.07 Å². The second kappa shape index (κ2) is 4.80. The Morgan fingerprint density at radius 2 is 2.00 bits per heavy atom. The van der Waals surface area contributed by atoms with E-state index in [-0.39, 0.29) is 23.2 Å². The number of hydrogen-bond acceptors (Lipinski definition) is 3. The number of nitrogens with zero attached hydrogens (tertiary/aromatic N) is 3. The predicted molar refractivity (Wildman–Crippen MR) is 82.3 cm³/mol. The van der Waals surface area contributed by atoms with Gasteiger partial charge in [0.05, 0.1) is 18.0 Å². The van der Waals surface area contributed by atoms with E-state index < -0.39 is 5.82 Å². The van der Waals surface area contributed by atoms with Crippen molar-refractivity contribution < 1.29 is 9.50 Å². The highest BCUT2D eigenvalue weighted by Crippen LogP contribution is 2.38. The Hall–Kier alpha value is -2.95. The molecule has 108 valence electrons. The molecule has 4 nitrogen and oxygen atoms in total. The van der Waals surface area contributed by atoms with Crippen molar-refractivity contribution in [1.29, 1.82) is 0 Å². The lowest BCUT2D eigenvalue weighted by atomic mass is 10.1. The maximum atomic E-state index is 14.0. The first-order chi connectivity index (χ1) is 10.8. The van der Waals surface area contributed by atoms with Gasteiger partial charge in [-0.15, -0.1) is 0 Å². The standard InChI is InChI=1S/C17H12FN3O/c18-12-7-5-4-6-11(12)16-17(22)21-14-9-3-1-2-8-13(14)19-10-15(21)20-16/h1-10,14,22H. The number of aromatic hydroxyl groups is 1. The van der Waals surface area contributed by atoms with E-state index in [0.29, 0.717) is 5.82 Å². The van der Waals surface area contributed by atoms with E-state index in [2.05, 4.69) is 9.98 Å². The third-order valence-corrected chi connectivity index (χ3v) is 3.74. The smallest absolute Gasteiger partial charge is 0.221 e. The van der Waals surface area contributed by atoms with Crippen LogP contribution < -0.4 is 0 Å². The molecule has 1 aliphatic heterocycles. The molecule has 2 heterocycles. The minimum Gasteiger partial charge on any atom is -0.493 e. The molecular weight excluding hydrogens is 281 g/mol. The summed E-state index contributed by atoms with van der Waals surface area (Å²) in [6.07, 6.45) is 11.1. The first kappa shape index (κ1) is 12.8. The van der Waals surface area contributed by atoms with Crippen molar-refractivity contribution in [3.8, 4) is 17.1 Å². The lowest BCUT2D eigenvalue weighted by Gasteiger charge is -2.20. The first-order valence-electron chi connectivity index (χ1n) is 6.91. The Labute approximate surface area is 126 Å². The molecule has 0 radical (unpaired) electrons. The minimum atomic E-state index is -0.418. The monoisotopic (exact) mass is 293 g/mol. The number of hydrogen-bond donors (Lipinski definition) is 1. The normalized spacial score (nSPS) is 18.6. The van der Waals surface area contributed by atoms with Gasteiger partial charge in [-0.1, -0.05) is 36.4 Å². The lowest BCUT2D eigenvalue weighted by molar-refractivity contribution is 0.413. The second-order valence-corrected chi connectivity index (χ2v) is 5.06. The van der Waals surface area contributed by atoms with Crippen molar-refractivity contribution in [1.82, 2.24) is 9.55 Å². The van der Waals surface area contributed by atoms with Crippen LogP contribution in [0, 0.1) is 5.82 Å². The van der Waals surface area contributed by atoms with Gasteiger partial charge in [0.15, 0.2) is 5.82 Å². The molecule has 1 aliphatic carbocycles. The summed E-state index contributed by atoms with van der Waals surface area (Å²) in [6, 6.07) is 6.02. The number of imidazole rings is 1. The van der Waals surface area contributed by atoms with E-state index in [4.69, 9.17) is 0 Å². The molecule has 0 spiro atoms. The van der Waals surface area contributed by atoms with Gasteiger partial charge < -0.3 is 5.11 Å². The zero-order chi connectivity index (χ0) is 15.1. The molecule has 1 atom stereocenters. The summed E-state index contributed by atoms with van der Waals surface area (Å²) in [5.74, 6) is 0.0252. The van der Waals surface area contributed by atoms with Crippen LogP contribution in [0.3, 0.4) is 0 Å². The maximum Gasteiger partial charge on any atom is 0.221 e. The topological polar surface area (TPSA) is 50.4 Å². The van der Waals surface area contributed by atoms with Gasteiger partial charge in [-0.3, -0.25) is 9.56 Å². The van der Waals surface area contributed by atoms with E-state index in [0.717, 1.165) is 5.70 Å². The molecule has 0 saturated heterocycles. The van der Waals surface area contributed by atoms with Crippen LogP contribution in [0.2, 0.25) is 0 Å². The fraction of sp³-hybridized carbons (Fsp3) is 0.0588. The molecule has 2 aromatic rings. The number of fused-ring (bicyclic) bond motifs is 3. The number of rotatable bonds is 1. The number of aromatic nitrogens is 2. The van der Waals surface area contributed by atoms with Crippen LogP contribution in [0.15, 0.2) is 65.3 Å². The molecule has 0 saturated carbocycles. The zero-order valence-corrected chi connectivity index (χ0v) is 11.5. The summed E-state index contributed by atoms with van der Waals surface area (Å²) in [5.41, 5.74) is 1.30. The van der Waals surface area contributed by atoms with Gasteiger partial charge in [0.2, 0.25) is 5.88 Å². The van der Waals surface area contributed by atoms with Crippen LogP contribution in [-0.2, 0) is 0 Å². The quantitative estimate of drug-likeness (QED) is 0.876. The average molecular weight is 293 g/mol. The van der Waals surface area contributed by atoms with Gasteiger partial charge in [-0.2, -0.15) is 0 Å². The highest BCUT2D eigenvalue weighted by Gasteiger charge is 2.28. The van der Waals surface area contributed by atoms with Gasteiger partial charge >= 0.3 is 0 Å². The van der Waals surface area contributed by atoms with Crippen LogP contribution >= 0.6 is 0 Å². The van der Waals surface area contributed by atoms with Gasteiger partial charge in [-0.25, -0.2) is 9.37 Å². The van der Waals surface area contributed by atoms with Gasteiger partial charge in [0.25, 0.3) is 0 Å². The van der Waals surface area contributed by atoms with Crippen molar-refractivity contribution in [3.63, 3.8) is 0 Å². The van der Waals surface area contributed by atoms with E-state index in [1.807, 2.05) is 30.4 Å². The number of benzene rings is 1. The Kier molecular flexibility index (Phi) is 2.79. The van der Waals surface area contributed by atoms with Crippen molar-refractivity contribution in [2.75, 3.05) is 0 Å². The van der Waals surface area contributed by atoms with Gasteiger partial charge in [0, 0.05) is 5.56 Å². The van der Waals surface area contributed by atoms with Crippen molar-refractivity contribution in [2.45, 2.75) is 6.04 Å². The van der Waals surface area contributed by atoms with Gasteiger partial charge in [0.1, 0.15) is 11.5 Å². The van der Waals surface area contributed by atoms with Gasteiger partial charge in [-0.05, 0) is 18.2 Å². The summed E-state index contributed by atoms with van der Waals surface area (Å²) >= 11 is 0. The van der Waals surface area contributed by atoms with Crippen molar-refractivity contribution in [3.05, 3.63) is 72.0 Å². The van der Waals surface area contributed by atoms with E-state index in [1.54, 1.807) is 29.0 Å². The lowest BCUT2D eigenvalue weighted by Crippen LogP contribution is -2.15. The van der Waals surface area contributed by atoms with Crippen molar-refractivity contribution in [2.24, 2.45) is 4.99 Å². The van der Waals surface area contributed by atoms with Crippen molar-refractivity contribution >= 4 is 6.21 Å². The fourth-order valence-corrected chi connectivity index (χ4v) is 2.70. The first-order valence-corrected chi connectivity index (χ1v) is 6.91. The molecule has 1 aromatic heterocycles. The highest BCUT2D eigenvalue weighted by molar-refractivity contribution is 5.81. The summed E-state index contributed by atoms with van der Waals surface area (Å²) in [6.45, 7) is 0. The SMILES string of the molecule is Oc1c(-c2ccccc2F)nc2n1C1C=CC=CC=C1N=C2. The van der Waals surface area contributed by atoms with Crippen LogP contribution in [0.25, 0.3) is 11.3 Å². The maximum absolute atomic E-state index is 14.0. The molecule has 0 bridgehead atoms. The van der Waals surface area contributed by atoms with E-state index in [9.17, 15) is 9.50 Å². The second-order valence-electron chi connectivity index (χ2n) is 5.06. The predicted octanol–water partition coefficient (Wildman–Crippen LogP) is 3.38. The fourth-order valence-electron chi connectivity index (χ4n) is 2.70. The highest BCUT2D eigenvalue weighted by atomic mass is 19.1. The molecule has 0 fully saturated rings. The molecule has 5 heteroatoms. The molecular formula is C17H12FN3O. The summed E-state index contributed by atoms with van der Waals surface area (Å²) in [5, 5.41) is 10.6. The Balaban J connectivity index is 1.92. The van der Waals surface area contributed by atoms with E-state index >= 15 is 0 Å². The third kappa shape index (κ3) is 1.83. The summed E-state index contributed by atoms with van der Waals surface area (Å²) in [4.78, 5) is 8.71. The third-order valence-electron chi connectivity index (χ3n) is 3.74. The zero-order valence-electron chi connectivity index (χ0n) is 11.5. The number of allylic oxidation sites excluding steroid dienone is 5. The largest absolute Gasteiger partial charge is 0.493 e. The minimum absolute atomic E-state index is 0.0614. The van der Waals surface area contributed by atoms with Crippen LogP contribution in [0.4, 0.5) is 4.39 Å². The Morgan fingerprint density at radius 3 is 2.86 bits per heavy atom. The van der Waals surface area contributed by atoms with Crippen LogP contribution in [0.1, 0.15) is 11.9 Å². The Bertz CT molecular complexity index is 874. The number of aliphatic imine (C=N–C) groups is 1. The van der Waals surface area contributed by atoms with Crippen LogP contribution in [-0.4, -0.2) is 20.9 Å². The number of halogens is 1. The molecule has 22 heavy (non-hydrogen) atoms. The molecule has 1 aromatic carbocycles. The summed E-state index contributed by atoms with van der Waals surface area (Å²) in [7, 11) is 0. The summed E-state index contributed by atoms with van der Waals surface area (Å²) < 4.78 is 15.6.